The monoisotopic (exact) mass is 438 g/mol. The summed E-state index contributed by atoms with van der Waals surface area (Å²) >= 11 is 6.69. The predicted molar refractivity (Wildman–Crippen MR) is 95.5 cm³/mol. The number of halogens is 2. The Hall–Kier alpha value is 0.537. The van der Waals surface area contributed by atoms with Crippen LogP contribution in [0.4, 0.5) is 0 Å². The van der Waals surface area contributed by atoms with E-state index in [1.165, 1.54) is 0 Å². The van der Waals surface area contributed by atoms with Crippen molar-refractivity contribution in [3.8, 4) is 0 Å². The summed E-state index contributed by atoms with van der Waals surface area (Å²) in [6.45, 7) is 12.0. The highest BCUT2D eigenvalue weighted by Gasteiger charge is 2.55. The van der Waals surface area contributed by atoms with Crippen LogP contribution < -0.4 is 0 Å². The van der Waals surface area contributed by atoms with Gasteiger partial charge >= 0.3 is 0 Å². The van der Waals surface area contributed by atoms with Gasteiger partial charge in [-0.2, -0.15) is 0 Å². The minimum atomic E-state index is -1.65. The Bertz CT molecular complexity index is 439. The summed E-state index contributed by atoms with van der Waals surface area (Å²) < 4.78 is 18.2. The lowest BCUT2D eigenvalue weighted by Gasteiger charge is -2.35. The quantitative estimate of drug-likeness (QED) is 0.340. The van der Waals surface area contributed by atoms with Crippen LogP contribution in [0.2, 0.25) is 18.1 Å². The standard InChI is InChI=1S/C15H24Br2O3Si/c1-15(2,3)21(4,5)18-8-6-7-10-13(19-10)14-11(20-14)9-12(16)17/h6-7,9-11,13-14H,8H2,1-5H3/b7-6+/t10-,11-,13+,14+/m0/s1. The van der Waals surface area contributed by atoms with Gasteiger partial charge in [0, 0.05) is 0 Å². The molecule has 4 atom stereocenters. The number of ether oxygens (including phenoxy) is 2. The molecule has 0 aromatic heterocycles. The molecule has 6 heteroatoms. The topological polar surface area (TPSA) is 34.3 Å². The van der Waals surface area contributed by atoms with E-state index < -0.39 is 8.32 Å². The van der Waals surface area contributed by atoms with Crippen molar-refractivity contribution >= 4 is 40.2 Å². The van der Waals surface area contributed by atoms with Crippen LogP contribution in [0, 0.1) is 0 Å². The highest BCUT2D eigenvalue weighted by Crippen LogP contribution is 2.41. The first-order valence-corrected chi connectivity index (χ1v) is 11.8. The molecule has 0 N–H and O–H groups in total. The Balaban J connectivity index is 1.68. The van der Waals surface area contributed by atoms with Crippen LogP contribution in [0.3, 0.4) is 0 Å². The molecule has 0 radical (unpaired) electrons. The Morgan fingerprint density at radius 1 is 1.14 bits per heavy atom. The lowest BCUT2D eigenvalue weighted by molar-refractivity contribution is 0.315. The average Bonchev–Trinajstić information content (AvgIpc) is 3.17. The van der Waals surface area contributed by atoms with E-state index in [4.69, 9.17) is 13.9 Å². The number of epoxide rings is 2. The molecule has 3 nitrogen and oxygen atoms in total. The molecule has 0 saturated carbocycles. The summed E-state index contributed by atoms with van der Waals surface area (Å²) in [6, 6.07) is 0. The molecular formula is C15H24Br2O3Si. The van der Waals surface area contributed by atoms with Crippen molar-refractivity contribution in [2.75, 3.05) is 6.61 Å². The van der Waals surface area contributed by atoms with Gasteiger partial charge in [0.2, 0.25) is 0 Å². The second-order valence-corrected chi connectivity index (χ2v) is 14.7. The molecule has 21 heavy (non-hydrogen) atoms. The zero-order chi connectivity index (χ0) is 15.8. The Morgan fingerprint density at radius 3 is 2.29 bits per heavy atom. The Labute approximate surface area is 145 Å². The first kappa shape index (κ1) is 17.9. The molecule has 0 bridgehead atoms. The van der Waals surface area contributed by atoms with E-state index in [2.05, 4.69) is 77.9 Å². The summed E-state index contributed by atoms with van der Waals surface area (Å²) in [4.78, 5) is 0. The van der Waals surface area contributed by atoms with Crippen LogP contribution in [0.25, 0.3) is 0 Å². The normalized spacial score (nSPS) is 32.3. The molecule has 2 aliphatic heterocycles. The smallest absolute Gasteiger partial charge is 0.192 e. The molecule has 2 fully saturated rings. The van der Waals surface area contributed by atoms with Gasteiger partial charge in [-0.3, -0.25) is 0 Å². The van der Waals surface area contributed by atoms with E-state index in [9.17, 15) is 0 Å². The predicted octanol–water partition coefficient (Wildman–Crippen LogP) is 4.73. The van der Waals surface area contributed by atoms with Gasteiger partial charge in [0.1, 0.15) is 24.4 Å². The maximum Gasteiger partial charge on any atom is 0.192 e. The zero-order valence-electron chi connectivity index (χ0n) is 13.2. The van der Waals surface area contributed by atoms with Crippen LogP contribution >= 0.6 is 31.9 Å². The van der Waals surface area contributed by atoms with Crippen LogP contribution in [-0.2, 0) is 13.9 Å². The van der Waals surface area contributed by atoms with Gasteiger partial charge in [0.05, 0.1) is 10.00 Å². The fourth-order valence-electron chi connectivity index (χ4n) is 1.88. The minimum absolute atomic E-state index is 0.172. The molecule has 2 aliphatic rings. The molecule has 2 heterocycles. The van der Waals surface area contributed by atoms with Crippen molar-refractivity contribution in [2.24, 2.45) is 0 Å². The number of rotatable bonds is 6. The van der Waals surface area contributed by atoms with Crippen LogP contribution in [0.1, 0.15) is 20.8 Å². The molecule has 2 saturated heterocycles. The maximum atomic E-state index is 6.10. The van der Waals surface area contributed by atoms with Crippen molar-refractivity contribution in [3.05, 3.63) is 21.6 Å². The fraction of sp³-hybridized carbons (Fsp3) is 0.733. The molecule has 0 aliphatic carbocycles. The molecular weight excluding hydrogens is 416 g/mol. The van der Waals surface area contributed by atoms with Gasteiger partial charge in [-0.1, -0.05) is 32.9 Å². The van der Waals surface area contributed by atoms with Crippen LogP contribution in [0.15, 0.2) is 21.6 Å². The summed E-state index contributed by atoms with van der Waals surface area (Å²) in [5, 5.41) is 0.254. The summed E-state index contributed by atoms with van der Waals surface area (Å²) in [6.07, 6.45) is 6.95. The van der Waals surface area contributed by atoms with Gasteiger partial charge in [0.15, 0.2) is 8.32 Å². The van der Waals surface area contributed by atoms with Crippen molar-refractivity contribution in [3.63, 3.8) is 0 Å². The second kappa shape index (κ2) is 6.57. The molecule has 0 amide bonds. The van der Waals surface area contributed by atoms with Crippen LogP contribution in [0.5, 0.6) is 0 Å². The number of hydrogen-bond acceptors (Lipinski definition) is 3. The van der Waals surface area contributed by atoms with E-state index >= 15 is 0 Å². The van der Waals surface area contributed by atoms with Crippen molar-refractivity contribution in [1.82, 2.24) is 0 Å². The zero-order valence-corrected chi connectivity index (χ0v) is 17.4. The lowest BCUT2D eigenvalue weighted by atomic mass is 10.2. The first-order valence-electron chi connectivity index (χ1n) is 7.26. The molecule has 120 valence electrons. The largest absolute Gasteiger partial charge is 0.413 e. The van der Waals surface area contributed by atoms with E-state index in [-0.39, 0.29) is 29.5 Å². The third-order valence-corrected chi connectivity index (χ3v) is 9.44. The first-order chi connectivity index (χ1) is 9.62. The minimum Gasteiger partial charge on any atom is -0.413 e. The van der Waals surface area contributed by atoms with Crippen molar-refractivity contribution in [1.29, 1.82) is 0 Å². The van der Waals surface area contributed by atoms with Crippen LogP contribution in [-0.4, -0.2) is 39.3 Å². The van der Waals surface area contributed by atoms with Crippen molar-refractivity contribution in [2.45, 2.75) is 63.3 Å². The molecule has 0 aromatic rings. The molecule has 0 aromatic carbocycles. The average molecular weight is 440 g/mol. The fourth-order valence-corrected chi connectivity index (χ4v) is 3.34. The van der Waals surface area contributed by atoms with E-state index in [0.29, 0.717) is 6.61 Å². The summed E-state index contributed by atoms with van der Waals surface area (Å²) in [5.74, 6) is 0. The highest BCUT2D eigenvalue weighted by molar-refractivity contribution is 9.28. The van der Waals surface area contributed by atoms with Gasteiger partial charge in [0.25, 0.3) is 0 Å². The lowest BCUT2D eigenvalue weighted by Crippen LogP contribution is -2.40. The second-order valence-electron chi connectivity index (χ2n) is 7.09. The van der Waals surface area contributed by atoms with E-state index in [1.54, 1.807) is 0 Å². The third-order valence-electron chi connectivity index (χ3n) is 4.41. The van der Waals surface area contributed by atoms with E-state index in [0.717, 1.165) is 3.39 Å². The summed E-state index contributed by atoms with van der Waals surface area (Å²) in [7, 11) is -1.65. The molecule has 0 unspecified atom stereocenters. The SMILES string of the molecule is CC(C)(C)[Si](C)(C)OC/C=C/[C@@H]1O[C@H]1[C@@H]1O[C@H]1C=C(Br)Br. The van der Waals surface area contributed by atoms with E-state index in [1.807, 2.05) is 6.08 Å². The van der Waals surface area contributed by atoms with Gasteiger partial charge in [-0.25, -0.2) is 0 Å². The highest BCUT2D eigenvalue weighted by atomic mass is 79.9. The van der Waals surface area contributed by atoms with Gasteiger partial charge in [-0.05, 0) is 56.1 Å². The molecule has 0 spiro atoms. The summed E-state index contributed by atoms with van der Waals surface area (Å²) in [5.41, 5.74) is 0. The maximum absolute atomic E-state index is 6.10. The molecule has 2 rings (SSSR count). The number of hydrogen-bond donors (Lipinski definition) is 0. The van der Waals surface area contributed by atoms with Gasteiger partial charge < -0.3 is 13.9 Å². The Morgan fingerprint density at radius 2 is 1.71 bits per heavy atom. The Kier molecular flexibility index (Phi) is 5.60. The third kappa shape index (κ3) is 5.01. The van der Waals surface area contributed by atoms with Gasteiger partial charge in [-0.15, -0.1) is 0 Å². The van der Waals surface area contributed by atoms with Crippen molar-refractivity contribution < 1.29 is 13.9 Å².